The summed E-state index contributed by atoms with van der Waals surface area (Å²) in [5.74, 6) is -1.99. The van der Waals surface area contributed by atoms with E-state index in [-0.39, 0.29) is 5.69 Å². The molecular weight excluding hydrogens is 275 g/mol. The lowest BCUT2D eigenvalue weighted by molar-refractivity contribution is -0.143. The summed E-state index contributed by atoms with van der Waals surface area (Å²) in [6.07, 6.45) is 2.91. The Balaban J connectivity index is 1.98. The van der Waals surface area contributed by atoms with Crippen LogP contribution in [0.25, 0.3) is 0 Å². The third kappa shape index (κ3) is 3.93. The number of anilines is 1. The first kappa shape index (κ1) is 15.3. The molecule has 1 fully saturated rings. The number of carboxylic acids is 1. The number of aryl methyl sites for hydroxylation is 1. The predicted octanol–water partition coefficient (Wildman–Crippen LogP) is 2.90. The van der Waals surface area contributed by atoms with Crippen LogP contribution in [0, 0.1) is 18.7 Å². The van der Waals surface area contributed by atoms with E-state index in [0.29, 0.717) is 12.8 Å². The van der Waals surface area contributed by atoms with Crippen molar-refractivity contribution in [3.63, 3.8) is 0 Å². The van der Waals surface area contributed by atoms with E-state index < -0.39 is 29.8 Å². The monoisotopic (exact) mass is 294 g/mol. The lowest BCUT2D eigenvalue weighted by atomic mass is 9.84. The molecule has 0 bridgehead atoms. The molecule has 2 atom stereocenters. The van der Waals surface area contributed by atoms with Gasteiger partial charge in [0.2, 0.25) is 0 Å². The van der Waals surface area contributed by atoms with Crippen molar-refractivity contribution in [2.24, 2.45) is 5.92 Å². The van der Waals surface area contributed by atoms with Crippen molar-refractivity contribution in [3.8, 4) is 0 Å². The van der Waals surface area contributed by atoms with Gasteiger partial charge in [0.25, 0.3) is 0 Å². The van der Waals surface area contributed by atoms with E-state index in [4.69, 9.17) is 5.11 Å². The van der Waals surface area contributed by atoms with E-state index in [1.165, 1.54) is 12.1 Å². The molecule has 0 radical (unpaired) electrons. The fourth-order valence-corrected chi connectivity index (χ4v) is 2.65. The number of nitrogens with one attached hydrogen (secondary N) is 2. The van der Waals surface area contributed by atoms with E-state index in [9.17, 15) is 14.0 Å². The van der Waals surface area contributed by atoms with Gasteiger partial charge in [0.05, 0.1) is 11.6 Å². The van der Waals surface area contributed by atoms with E-state index in [0.717, 1.165) is 18.4 Å². The molecule has 21 heavy (non-hydrogen) atoms. The van der Waals surface area contributed by atoms with Crippen LogP contribution in [0.3, 0.4) is 0 Å². The maximum Gasteiger partial charge on any atom is 0.319 e. The van der Waals surface area contributed by atoms with Gasteiger partial charge in [-0.3, -0.25) is 4.79 Å². The van der Waals surface area contributed by atoms with Gasteiger partial charge in [0, 0.05) is 6.04 Å². The van der Waals surface area contributed by atoms with Gasteiger partial charge in [-0.05, 0) is 37.5 Å². The minimum absolute atomic E-state index is 0.0841. The smallest absolute Gasteiger partial charge is 0.319 e. The summed E-state index contributed by atoms with van der Waals surface area (Å²) < 4.78 is 13.7. The molecular formula is C15H19FN2O3. The fraction of sp³-hybridized carbons (Fsp3) is 0.467. The average molecular weight is 294 g/mol. The zero-order chi connectivity index (χ0) is 15.4. The van der Waals surface area contributed by atoms with Crippen LogP contribution in [0.15, 0.2) is 18.2 Å². The largest absolute Gasteiger partial charge is 0.481 e. The second-order valence-electron chi connectivity index (χ2n) is 5.42. The molecule has 1 aliphatic rings. The van der Waals surface area contributed by atoms with Gasteiger partial charge in [0.1, 0.15) is 5.82 Å². The van der Waals surface area contributed by atoms with Crippen LogP contribution in [0.5, 0.6) is 0 Å². The first-order valence-corrected chi connectivity index (χ1v) is 7.04. The first-order chi connectivity index (χ1) is 9.97. The van der Waals surface area contributed by atoms with Gasteiger partial charge in [-0.15, -0.1) is 0 Å². The molecule has 114 valence electrons. The molecule has 5 nitrogen and oxygen atoms in total. The summed E-state index contributed by atoms with van der Waals surface area (Å²) in [5, 5.41) is 14.2. The van der Waals surface area contributed by atoms with E-state index in [1.54, 1.807) is 13.0 Å². The van der Waals surface area contributed by atoms with E-state index >= 15 is 0 Å². The third-order valence-corrected chi connectivity index (χ3v) is 3.77. The Kier molecular flexibility index (Phi) is 4.77. The van der Waals surface area contributed by atoms with E-state index in [2.05, 4.69) is 10.6 Å². The Bertz CT molecular complexity index is 548. The van der Waals surface area contributed by atoms with E-state index in [1.807, 2.05) is 0 Å². The van der Waals surface area contributed by atoms with Crippen LogP contribution in [0.4, 0.5) is 14.9 Å². The summed E-state index contributed by atoms with van der Waals surface area (Å²) >= 11 is 0. The zero-order valence-corrected chi connectivity index (χ0v) is 11.9. The van der Waals surface area contributed by atoms with Crippen molar-refractivity contribution in [1.82, 2.24) is 5.32 Å². The van der Waals surface area contributed by atoms with Crippen molar-refractivity contribution < 1.29 is 19.1 Å². The molecule has 2 unspecified atom stereocenters. The number of carboxylic acid groups (broad SMARTS) is 1. The van der Waals surface area contributed by atoms with Gasteiger partial charge < -0.3 is 15.7 Å². The van der Waals surface area contributed by atoms with Crippen molar-refractivity contribution in [2.75, 3.05) is 5.32 Å². The quantitative estimate of drug-likeness (QED) is 0.802. The van der Waals surface area contributed by atoms with Crippen LogP contribution < -0.4 is 10.6 Å². The Labute approximate surface area is 122 Å². The van der Waals surface area contributed by atoms with Crippen LogP contribution in [-0.4, -0.2) is 23.1 Å². The Morgan fingerprint density at radius 2 is 2.00 bits per heavy atom. The standard InChI is InChI=1S/C15H19FN2O3/c1-9-6-7-13(11(16)8-9)18-15(21)17-12-5-3-2-4-10(12)14(19)20/h6-8,10,12H,2-5H2,1H3,(H,19,20)(H2,17,18,21). The second kappa shape index (κ2) is 6.56. The molecule has 0 aliphatic heterocycles. The number of benzene rings is 1. The molecule has 0 saturated heterocycles. The highest BCUT2D eigenvalue weighted by Crippen LogP contribution is 2.25. The van der Waals surface area contributed by atoms with Crippen molar-refractivity contribution >= 4 is 17.7 Å². The lowest BCUT2D eigenvalue weighted by Crippen LogP contribution is -2.46. The second-order valence-corrected chi connectivity index (χ2v) is 5.42. The number of halogens is 1. The number of urea groups is 1. The van der Waals surface area contributed by atoms with Gasteiger partial charge in [-0.25, -0.2) is 9.18 Å². The minimum Gasteiger partial charge on any atom is -0.481 e. The highest BCUT2D eigenvalue weighted by atomic mass is 19.1. The summed E-state index contributed by atoms with van der Waals surface area (Å²) in [5.41, 5.74) is 0.845. The molecule has 2 rings (SSSR count). The number of carbonyl (C=O) groups is 2. The number of hydrogen-bond acceptors (Lipinski definition) is 2. The van der Waals surface area contributed by atoms with Crippen LogP contribution in [0.1, 0.15) is 31.2 Å². The molecule has 1 aromatic rings. The zero-order valence-electron chi connectivity index (χ0n) is 11.9. The van der Waals surface area contributed by atoms with Crippen molar-refractivity contribution in [3.05, 3.63) is 29.6 Å². The van der Waals surface area contributed by atoms with Crippen LogP contribution in [-0.2, 0) is 4.79 Å². The molecule has 6 heteroatoms. The maximum atomic E-state index is 13.7. The minimum atomic E-state index is -0.901. The van der Waals surface area contributed by atoms with Crippen LogP contribution >= 0.6 is 0 Å². The topological polar surface area (TPSA) is 78.4 Å². The number of carbonyl (C=O) groups excluding carboxylic acids is 1. The Morgan fingerprint density at radius 3 is 2.67 bits per heavy atom. The summed E-state index contributed by atoms with van der Waals surface area (Å²) in [6.45, 7) is 1.76. The third-order valence-electron chi connectivity index (χ3n) is 3.77. The SMILES string of the molecule is Cc1ccc(NC(=O)NC2CCCCC2C(=O)O)c(F)c1. The van der Waals surface area contributed by atoms with Crippen molar-refractivity contribution in [2.45, 2.75) is 38.6 Å². The Morgan fingerprint density at radius 1 is 1.29 bits per heavy atom. The summed E-state index contributed by atoms with van der Waals surface area (Å²) in [7, 11) is 0. The Hall–Kier alpha value is -2.11. The molecule has 0 spiro atoms. The molecule has 1 saturated carbocycles. The highest BCUT2D eigenvalue weighted by molar-refractivity contribution is 5.90. The maximum absolute atomic E-state index is 13.7. The molecule has 3 N–H and O–H groups in total. The average Bonchev–Trinajstić information content (AvgIpc) is 2.42. The van der Waals surface area contributed by atoms with Gasteiger partial charge >= 0.3 is 12.0 Å². The highest BCUT2D eigenvalue weighted by Gasteiger charge is 2.31. The number of amides is 2. The van der Waals surface area contributed by atoms with Crippen LogP contribution in [0.2, 0.25) is 0 Å². The number of rotatable bonds is 3. The lowest BCUT2D eigenvalue weighted by Gasteiger charge is -2.29. The van der Waals surface area contributed by atoms with Crippen molar-refractivity contribution in [1.29, 1.82) is 0 Å². The number of aliphatic carboxylic acids is 1. The molecule has 0 aromatic heterocycles. The molecule has 0 heterocycles. The molecule has 2 amide bonds. The molecule has 1 aromatic carbocycles. The number of hydrogen-bond donors (Lipinski definition) is 3. The van der Waals surface area contributed by atoms with Gasteiger partial charge in [-0.1, -0.05) is 18.9 Å². The predicted molar refractivity (Wildman–Crippen MR) is 76.7 cm³/mol. The fourth-order valence-electron chi connectivity index (χ4n) is 2.65. The summed E-state index contributed by atoms with van der Waals surface area (Å²) in [4.78, 5) is 23.1. The first-order valence-electron chi connectivity index (χ1n) is 7.04. The normalized spacial score (nSPS) is 21.6. The summed E-state index contributed by atoms with van der Waals surface area (Å²) in [6, 6.07) is 3.52. The molecule has 1 aliphatic carbocycles. The van der Waals surface area contributed by atoms with Gasteiger partial charge in [0.15, 0.2) is 0 Å². The van der Waals surface area contributed by atoms with Gasteiger partial charge in [-0.2, -0.15) is 0 Å².